The first-order valence-corrected chi connectivity index (χ1v) is 11.0. The number of halogens is 3. The summed E-state index contributed by atoms with van der Waals surface area (Å²) < 4.78 is 17.7. The molecule has 1 amide bonds. The van der Waals surface area contributed by atoms with Gasteiger partial charge in [0.05, 0.1) is 40.8 Å². The van der Waals surface area contributed by atoms with Crippen molar-refractivity contribution in [3.63, 3.8) is 0 Å². The Balaban J connectivity index is 1.44. The molecule has 0 fully saturated rings. The Bertz CT molecular complexity index is 1300. The van der Waals surface area contributed by atoms with Crippen LogP contribution in [-0.2, 0) is 13.1 Å². The Hall–Kier alpha value is -2.97. The molecule has 2 heterocycles. The molecule has 0 spiro atoms. The van der Waals surface area contributed by atoms with Crippen LogP contribution in [0.5, 0.6) is 0 Å². The highest BCUT2D eigenvalue weighted by Crippen LogP contribution is 2.21. The maximum atomic E-state index is 13.2. The second kappa shape index (κ2) is 9.26. The minimum Gasteiger partial charge on any atom is -0.319 e. The van der Waals surface area contributed by atoms with Crippen LogP contribution in [0.15, 0.2) is 59.3 Å². The Labute approximate surface area is 198 Å². The highest BCUT2D eigenvalue weighted by Gasteiger charge is 2.12. The van der Waals surface area contributed by atoms with Gasteiger partial charge in [-0.1, -0.05) is 29.8 Å². The number of nitrogens with one attached hydrogen (secondary N) is 1. The zero-order valence-electron chi connectivity index (χ0n) is 17.4. The highest BCUT2D eigenvalue weighted by atomic mass is 79.9. The number of nitrogens with zero attached hydrogens (tertiary/aromatic N) is 4. The van der Waals surface area contributed by atoms with Crippen molar-refractivity contribution < 1.29 is 9.18 Å². The summed E-state index contributed by atoms with van der Waals surface area (Å²) in [5.74, 6) is -0.624. The summed E-state index contributed by atoms with van der Waals surface area (Å²) in [4.78, 5) is 12.8. The van der Waals surface area contributed by atoms with Gasteiger partial charge in [0.15, 0.2) is 0 Å². The minimum absolute atomic E-state index is 0.235. The van der Waals surface area contributed by atoms with E-state index >= 15 is 0 Å². The Kier molecular flexibility index (Phi) is 6.43. The predicted octanol–water partition coefficient (Wildman–Crippen LogP) is 5.60. The molecule has 2 aromatic heterocycles. The molecule has 0 aliphatic carbocycles. The Morgan fingerprint density at radius 2 is 2.00 bits per heavy atom. The van der Waals surface area contributed by atoms with Crippen LogP contribution < -0.4 is 5.32 Å². The van der Waals surface area contributed by atoms with E-state index in [9.17, 15) is 9.18 Å². The molecule has 2 aromatic carbocycles. The molecule has 0 aliphatic heterocycles. The van der Waals surface area contributed by atoms with Crippen molar-refractivity contribution in [1.29, 1.82) is 0 Å². The zero-order valence-corrected chi connectivity index (χ0v) is 19.8. The van der Waals surface area contributed by atoms with E-state index in [1.54, 1.807) is 29.2 Å². The van der Waals surface area contributed by atoms with Gasteiger partial charge in [-0.2, -0.15) is 10.2 Å². The van der Waals surface area contributed by atoms with Crippen LogP contribution in [0.4, 0.5) is 10.1 Å². The first-order chi connectivity index (χ1) is 15.3. The summed E-state index contributed by atoms with van der Waals surface area (Å²) in [5, 5.41) is 12.0. The third-order valence-corrected chi connectivity index (χ3v) is 6.55. The van der Waals surface area contributed by atoms with Crippen molar-refractivity contribution >= 4 is 39.1 Å². The van der Waals surface area contributed by atoms with Crippen LogP contribution in [0.2, 0.25) is 5.02 Å². The van der Waals surface area contributed by atoms with Gasteiger partial charge in [-0.05, 0) is 65.2 Å². The van der Waals surface area contributed by atoms with Crippen LogP contribution in [-0.4, -0.2) is 25.5 Å². The summed E-state index contributed by atoms with van der Waals surface area (Å²) in [6.45, 7) is 4.87. The highest BCUT2D eigenvalue weighted by molar-refractivity contribution is 9.10. The fourth-order valence-corrected chi connectivity index (χ4v) is 3.87. The van der Waals surface area contributed by atoms with Crippen molar-refractivity contribution in [3.05, 3.63) is 98.2 Å². The maximum absolute atomic E-state index is 13.2. The molecule has 4 rings (SSSR count). The molecule has 0 atom stereocenters. The van der Waals surface area contributed by atoms with Gasteiger partial charge < -0.3 is 5.32 Å². The van der Waals surface area contributed by atoms with Crippen molar-refractivity contribution in [2.24, 2.45) is 0 Å². The van der Waals surface area contributed by atoms with E-state index in [1.165, 1.54) is 12.1 Å². The van der Waals surface area contributed by atoms with Gasteiger partial charge in [0.1, 0.15) is 5.82 Å². The Morgan fingerprint density at radius 1 is 1.19 bits per heavy atom. The second-order valence-corrected chi connectivity index (χ2v) is 8.66. The SMILES string of the molecule is Cc1nn(Cc2cccc(C(=O)Nc3cnn(Cc4ccc(F)cc4Cl)c3)c2)c(C)c1Br. The number of anilines is 1. The smallest absolute Gasteiger partial charge is 0.255 e. The van der Waals surface area contributed by atoms with Crippen LogP contribution in [0, 0.1) is 19.7 Å². The molecule has 0 radical (unpaired) electrons. The summed E-state index contributed by atoms with van der Waals surface area (Å²) >= 11 is 9.62. The average Bonchev–Trinajstić information content (AvgIpc) is 3.30. The number of carbonyl (C=O) groups excluding carboxylic acids is 1. The van der Waals surface area contributed by atoms with E-state index in [4.69, 9.17) is 11.6 Å². The van der Waals surface area contributed by atoms with Gasteiger partial charge in [-0.15, -0.1) is 0 Å². The molecule has 1 N–H and O–H groups in total. The second-order valence-electron chi connectivity index (χ2n) is 7.46. The standard InChI is InChI=1S/C23H20BrClFN5O/c1-14-22(24)15(2)31(29-14)11-16-4-3-5-17(8-16)23(32)28-20-10-27-30(13-20)12-18-6-7-19(26)9-21(18)25/h3-10,13H,11-12H2,1-2H3,(H,28,32). The third kappa shape index (κ3) is 4.92. The first-order valence-electron chi connectivity index (χ1n) is 9.86. The fraction of sp³-hybridized carbons (Fsp3) is 0.174. The van der Waals surface area contributed by atoms with E-state index in [1.807, 2.05) is 36.7 Å². The molecule has 0 saturated heterocycles. The number of aromatic nitrogens is 4. The van der Waals surface area contributed by atoms with E-state index in [0.717, 1.165) is 27.0 Å². The Morgan fingerprint density at radius 3 is 2.72 bits per heavy atom. The molecule has 0 saturated carbocycles. The lowest BCUT2D eigenvalue weighted by atomic mass is 10.1. The number of carbonyl (C=O) groups is 1. The predicted molar refractivity (Wildman–Crippen MR) is 126 cm³/mol. The molecule has 32 heavy (non-hydrogen) atoms. The molecular weight excluding hydrogens is 497 g/mol. The van der Waals surface area contributed by atoms with Gasteiger partial charge >= 0.3 is 0 Å². The molecule has 4 aromatic rings. The van der Waals surface area contributed by atoms with Gasteiger partial charge in [0.2, 0.25) is 0 Å². The van der Waals surface area contributed by atoms with Crippen molar-refractivity contribution in [1.82, 2.24) is 19.6 Å². The third-order valence-electron chi connectivity index (χ3n) is 5.05. The van der Waals surface area contributed by atoms with E-state index in [2.05, 4.69) is 31.4 Å². The van der Waals surface area contributed by atoms with Gasteiger partial charge in [0, 0.05) is 16.8 Å². The number of rotatable bonds is 6. The lowest BCUT2D eigenvalue weighted by Gasteiger charge is -2.08. The summed E-state index contributed by atoms with van der Waals surface area (Å²) in [7, 11) is 0. The topological polar surface area (TPSA) is 64.7 Å². The van der Waals surface area contributed by atoms with Gasteiger partial charge in [0.25, 0.3) is 5.91 Å². The molecule has 0 bridgehead atoms. The van der Waals surface area contributed by atoms with E-state index in [0.29, 0.717) is 29.4 Å². The van der Waals surface area contributed by atoms with Crippen molar-refractivity contribution in [3.8, 4) is 0 Å². The van der Waals surface area contributed by atoms with Crippen LogP contribution in [0.25, 0.3) is 0 Å². The van der Waals surface area contributed by atoms with Crippen molar-refractivity contribution in [2.45, 2.75) is 26.9 Å². The number of amides is 1. The fourth-order valence-electron chi connectivity index (χ4n) is 3.36. The molecular formula is C23H20BrClFN5O. The van der Waals surface area contributed by atoms with Crippen LogP contribution in [0.3, 0.4) is 0 Å². The quantitative estimate of drug-likeness (QED) is 0.363. The molecule has 0 aliphatic rings. The largest absolute Gasteiger partial charge is 0.319 e. The summed E-state index contributed by atoms with van der Waals surface area (Å²) in [6.07, 6.45) is 3.27. The number of aryl methyl sites for hydroxylation is 1. The average molecular weight is 517 g/mol. The lowest BCUT2D eigenvalue weighted by Crippen LogP contribution is -2.12. The molecule has 6 nitrogen and oxygen atoms in total. The van der Waals surface area contributed by atoms with Crippen LogP contribution >= 0.6 is 27.5 Å². The molecule has 164 valence electrons. The zero-order chi connectivity index (χ0) is 22.8. The monoisotopic (exact) mass is 515 g/mol. The number of benzene rings is 2. The van der Waals surface area contributed by atoms with E-state index in [-0.39, 0.29) is 11.7 Å². The first kappa shape index (κ1) is 22.2. The van der Waals surface area contributed by atoms with Crippen molar-refractivity contribution in [2.75, 3.05) is 5.32 Å². The minimum atomic E-state index is -0.389. The van der Waals surface area contributed by atoms with Crippen LogP contribution in [0.1, 0.15) is 32.9 Å². The lowest BCUT2D eigenvalue weighted by molar-refractivity contribution is 0.102. The summed E-state index contributed by atoms with van der Waals surface area (Å²) in [6, 6.07) is 11.7. The van der Waals surface area contributed by atoms with E-state index < -0.39 is 0 Å². The van der Waals surface area contributed by atoms with Gasteiger partial charge in [-0.25, -0.2) is 4.39 Å². The number of hydrogen-bond donors (Lipinski definition) is 1. The number of hydrogen-bond acceptors (Lipinski definition) is 3. The maximum Gasteiger partial charge on any atom is 0.255 e. The molecule has 9 heteroatoms. The summed E-state index contributed by atoms with van der Waals surface area (Å²) in [5.41, 5.74) is 4.76. The normalized spacial score (nSPS) is 11.0. The van der Waals surface area contributed by atoms with Gasteiger partial charge in [-0.3, -0.25) is 14.2 Å². The molecule has 0 unspecified atom stereocenters.